The van der Waals surface area contributed by atoms with Crippen LogP contribution in [0.4, 0.5) is 0 Å². The van der Waals surface area contributed by atoms with Crippen molar-refractivity contribution >= 4 is 15.9 Å². The number of nitrogens with zero attached hydrogens (tertiary/aromatic N) is 1. The Balaban J connectivity index is 1.85. The smallest absolute Gasteiger partial charge is 0.252 e. The quantitative estimate of drug-likeness (QED) is 0.826. The molecule has 0 aliphatic carbocycles. The lowest BCUT2D eigenvalue weighted by Crippen LogP contribution is -2.36. The molecule has 2 aromatic carbocycles. The second-order valence-electron chi connectivity index (χ2n) is 7.49. The van der Waals surface area contributed by atoms with Crippen LogP contribution in [-0.2, 0) is 10.0 Å². The Bertz CT molecular complexity index is 963. The van der Waals surface area contributed by atoms with E-state index in [0.717, 1.165) is 36.0 Å². The van der Waals surface area contributed by atoms with Crippen molar-refractivity contribution in [1.82, 2.24) is 9.62 Å². The summed E-state index contributed by atoms with van der Waals surface area (Å²) in [5.74, 6) is -0.260. The number of amides is 1. The van der Waals surface area contributed by atoms with E-state index in [9.17, 15) is 13.2 Å². The maximum Gasteiger partial charge on any atom is 0.252 e. The summed E-state index contributed by atoms with van der Waals surface area (Å²) in [6.07, 6.45) is 2.82. The van der Waals surface area contributed by atoms with Crippen molar-refractivity contribution in [2.45, 2.75) is 51.0 Å². The fourth-order valence-corrected chi connectivity index (χ4v) is 5.23. The second kappa shape index (κ2) is 8.45. The standard InChI is InChI=1S/C22H28N2O3S/c1-16-9-5-6-10-20(16)18(3)23-22(25)21-15-19(12-11-17(21)2)28(26,27)24-13-7-4-8-14-24/h5-6,9-12,15,18H,4,7-8,13-14H2,1-3H3,(H,23,25). The molecule has 1 aliphatic rings. The fraction of sp³-hybridized carbons (Fsp3) is 0.409. The van der Waals surface area contributed by atoms with Crippen LogP contribution in [-0.4, -0.2) is 31.7 Å². The van der Waals surface area contributed by atoms with E-state index in [1.165, 1.54) is 10.4 Å². The van der Waals surface area contributed by atoms with Crippen molar-refractivity contribution in [3.63, 3.8) is 0 Å². The minimum Gasteiger partial charge on any atom is -0.345 e. The topological polar surface area (TPSA) is 66.5 Å². The fourth-order valence-electron chi connectivity index (χ4n) is 3.69. The highest BCUT2D eigenvalue weighted by molar-refractivity contribution is 7.89. The lowest BCUT2D eigenvalue weighted by atomic mass is 10.0. The van der Waals surface area contributed by atoms with Crippen LogP contribution in [0.5, 0.6) is 0 Å². The van der Waals surface area contributed by atoms with E-state index in [1.807, 2.05) is 45.0 Å². The molecule has 0 bridgehead atoms. The largest absolute Gasteiger partial charge is 0.345 e. The molecular formula is C22H28N2O3S. The SMILES string of the molecule is Cc1ccc(S(=O)(=O)N2CCCCC2)cc1C(=O)NC(C)c1ccccc1C. The number of rotatable bonds is 5. The monoisotopic (exact) mass is 400 g/mol. The van der Waals surface area contributed by atoms with Gasteiger partial charge in [-0.15, -0.1) is 0 Å². The van der Waals surface area contributed by atoms with E-state index in [4.69, 9.17) is 0 Å². The van der Waals surface area contributed by atoms with Crippen LogP contribution in [0.2, 0.25) is 0 Å². The number of carbonyl (C=O) groups is 1. The molecule has 1 aliphatic heterocycles. The van der Waals surface area contributed by atoms with Crippen LogP contribution in [0.3, 0.4) is 0 Å². The number of hydrogen-bond acceptors (Lipinski definition) is 3. The molecule has 1 heterocycles. The minimum atomic E-state index is -3.57. The molecule has 0 aromatic heterocycles. The molecule has 28 heavy (non-hydrogen) atoms. The van der Waals surface area contributed by atoms with Gasteiger partial charge in [-0.05, 0) is 62.4 Å². The van der Waals surface area contributed by atoms with Crippen molar-refractivity contribution in [1.29, 1.82) is 0 Å². The lowest BCUT2D eigenvalue weighted by Gasteiger charge is -2.26. The highest BCUT2D eigenvalue weighted by Crippen LogP contribution is 2.24. The summed E-state index contributed by atoms with van der Waals surface area (Å²) >= 11 is 0. The first-order valence-electron chi connectivity index (χ1n) is 9.78. The van der Waals surface area contributed by atoms with Gasteiger partial charge in [0.1, 0.15) is 0 Å². The van der Waals surface area contributed by atoms with Crippen molar-refractivity contribution in [2.75, 3.05) is 13.1 Å². The van der Waals surface area contributed by atoms with Gasteiger partial charge in [-0.25, -0.2) is 8.42 Å². The molecule has 1 saturated heterocycles. The Morgan fingerprint density at radius 2 is 1.68 bits per heavy atom. The van der Waals surface area contributed by atoms with E-state index >= 15 is 0 Å². The summed E-state index contributed by atoms with van der Waals surface area (Å²) in [7, 11) is -3.57. The Hall–Kier alpha value is -2.18. The van der Waals surface area contributed by atoms with E-state index in [1.54, 1.807) is 12.1 Å². The van der Waals surface area contributed by atoms with Gasteiger partial charge >= 0.3 is 0 Å². The van der Waals surface area contributed by atoms with Crippen LogP contribution in [0.25, 0.3) is 0 Å². The molecule has 0 radical (unpaired) electrons. The number of nitrogens with one attached hydrogen (secondary N) is 1. The molecule has 0 spiro atoms. The maximum atomic E-state index is 13.0. The van der Waals surface area contributed by atoms with Crippen LogP contribution in [0.15, 0.2) is 47.4 Å². The highest BCUT2D eigenvalue weighted by Gasteiger charge is 2.27. The van der Waals surface area contributed by atoms with E-state index in [0.29, 0.717) is 18.7 Å². The zero-order chi connectivity index (χ0) is 20.3. The van der Waals surface area contributed by atoms with Gasteiger partial charge in [-0.3, -0.25) is 4.79 Å². The molecule has 1 amide bonds. The number of sulfonamides is 1. The minimum absolute atomic E-state index is 0.171. The summed E-state index contributed by atoms with van der Waals surface area (Å²) in [6, 6.07) is 12.6. The third kappa shape index (κ3) is 4.28. The second-order valence-corrected chi connectivity index (χ2v) is 9.43. The Morgan fingerprint density at radius 1 is 1.00 bits per heavy atom. The molecule has 1 fully saturated rings. The highest BCUT2D eigenvalue weighted by atomic mass is 32.2. The molecule has 1 atom stereocenters. The molecular weight excluding hydrogens is 372 g/mol. The Labute approximate surface area is 167 Å². The van der Waals surface area contributed by atoms with Crippen LogP contribution in [0, 0.1) is 13.8 Å². The summed E-state index contributed by atoms with van der Waals surface area (Å²) < 4.78 is 27.4. The summed E-state index contributed by atoms with van der Waals surface area (Å²) in [4.78, 5) is 13.1. The van der Waals surface area contributed by atoms with Gasteiger partial charge < -0.3 is 5.32 Å². The van der Waals surface area contributed by atoms with Crippen LogP contribution >= 0.6 is 0 Å². The number of benzene rings is 2. The number of aryl methyl sites for hydroxylation is 2. The average molecular weight is 401 g/mol. The Kier molecular flexibility index (Phi) is 6.20. The van der Waals surface area contributed by atoms with Crippen LogP contribution in [0.1, 0.15) is 59.3 Å². The third-order valence-electron chi connectivity index (χ3n) is 5.41. The molecule has 1 unspecified atom stereocenters. The molecule has 2 aromatic rings. The summed E-state index contributed by atoms with van der Waals surface area (Å²) in [5.41, 5.74) is 3.31. The molecule has 1 N–H and O–H groups in total. The first-order valence-corrected chi connectivity index (χ1v) is 11.2. The van der Waals surface area contributed by atoms with Gasteiger partial charge in [-0.1, -0.05) is 36.8 Å². The van der Waals surface area contributed by atoms with Crippen LogP contribution < -0.4 is 5.32 Å². The molecule has 5 nitrogen and oxygen atoms in total. The van der Waals surface area contributed by atoms with Gasteiger partial charge in [0.15, 0.2) is 0 Å². The molecule has 0 saturated carbocycles. The van der Waals surface area contributed by atoms with Crippen molar-refractivity contribution in [2.24, 2.45) is 0 Å². The third-order valence-corrected chi connectivity index (χ3v) is 7.30. The summed E-state index contributed by atoms with van der Waals surface area (Å²) in [6.45, 7) is 6.85. The zero-order valence-corrected chi connectivity index (χ0v) is 17.6. The van der Waals surface area contributed by atoms with E-state index < -0.39 is 10.0 Å². The van der Waals surface area contributed by atoms with Crippen molar-refractivity contribution in [3.05, 3.63) is 64.7 Å². The lowest BCUT2D eigenvalue weighted by molar-refractivity contribution is 0.0939. The van der Waals surface area contributed by atoms with Gasteiger partial charge in [-0.2, -0.15) is 4.31 Å². The zero-order valence-electron chi connectivity index (χ0n) is 16.7. The predicted octanol–water partition coefficient (Wildman–Crippen LogP) is 3.97. The van der Waals surface area contributed by atoms with Gasteiger partial charge in [0, 0.05) is 18.7 Å². The number of hydrogen-bond donors (Lipinski definition) is 1. The Morgan fingerprint density at radius 3 is 2.36 bits per heavy atom. The molecule has 3 rings (SSSR count). The maximum absolute atomic E-state index is 13.0. The first-order chi connectivity index (χ1) is 13.3. The van der Waals surface area contributed by atoms with Crippen molar-refractivity contribution < 1.29 is 13.2 Å². The van der Waals surface area contributed by atoms with E-state index in [2.05, 4.69) is 5.32 Å². The average Bonchev–Trinajstić information content (AvgIpc) is 2.69. The first kappa shape index (κ1) is 20.6. The molecule has 150 valence electrons. The van der Waals surface area contributed by atoms with Crippen molar-refractivity contribution in [3.8, 4) is 0 Å². The van der Waals surface area contributed by atoms with Gasteiger partial charge in [0.2, 0.25) is 10.0 Å². The normalized spacial score (nSPS) is 16.5. The van der Waals surface area contributed by atoms with E-state index in [-0.39, 0.29) is 16.8 Å². The number of carbonyl (C=O) groups excluding carboxylic acids is 1. The van der Waals surface area contributed by atoms with Gasteiger partial charge in [0.05, 0.1) is 10.9 Å². The summed E-state index contributed by atoms with van der Waals surface area (Å²) in [5, 5.41) is 3.00. The van der Waals surface area contributed by atoms with Gasteiger partial charge in [0.25, 0.3) is 5.91 Å². The number of piperidine rings is 1. The predicted molar refractivity (Wildman–Crippen MR) is 111 cm³/mol. The molecule has 6 heteroatoms.